The largest absolute Gasteiger partial charge is 0.508 e. The van der Waals surface area contributed by atoms with Crippen LogP contribution in [0.4, 0.5) is 69.4 Å². The number of hydrogen-bond acceptors (Lipinski definition) is 23. The van der Waals surface area contributed by atoms with Crippen molar-refractivity contribution in [3.63, 3.8) is 0 Å². The zero-order valence-corrected chi connectivity index (χ0v) is 54.8. The van der Waals surface area contributed by atoms with Gasteiger partial charge in [0.05, 0.1) is 24.0 Å². The lowest BCUT2D eigenvalue weighted by Gasteiger charge is -2.15. The fraction of sp³-hybridized carbons (Fsp3) is 0.294. The summed E-state index contributed by atoms with van der Waals surface area (Å²) >= 11 is 0. The van der Waals surface area contributed by atoms with Crippen LogP contribution in [0, 0.1) is 0 Å². The summed E-state index contributed by atoms with van der Waals surface area (Å²) in [5.74, 6) is 5.85. The summed E-state index contributed by atoms with van der Waals surface area (Å²) in [6.45, 7) is 10.5. The number of anilines is 12. The quantitative estimate of drug-likeness (QED) is 0.0206. The molecule has 27 heteroatoms. The van der Waals surface area contributed by atoms with Crippen LogP contribution >= 0.6 is 0 Å². The molecule has 95 heavy (non-hydrogen) atoms. The Labute approximate surface area is 555 Å². The number of phenolic OH excluding ortho intramolecular Hbond substituents is 1. The highest BCUT2D eigenvalue weighted by molar-refractivity contribution is 7.89. The van der Waals surface area contributed by atoms with Gasteiger partial charge in [-0.25, -0.2) is 41.2 Å². The van der Waals surface area contributed by atoms with Gasteiger partial charge in [-0.2, -0.15) is 15.0 Å². The summed E-state index contributed by atoms with van der Waals surface area (Å²) in [6, 6.07) is 48.0. The average molecular weight is 1330 g/mol. The molecule has 0 saturated carbocycles. The van der Waals surface area contributed by atoms with E-state index in [4.69, 9.17) is 14.2 Å². The molecule has 3 aliphatic rings. The lowest BCUT2D eigenvalue weighted by atomic mass is 10.3. The van der Waals surface area contributed by atoms with Gasteiger partial charge in [-0.3, -0.25) is 4.90 Å². The van der Waals surface area contributed by atoms with Crippen LogP contribution in [0.25, 0.3) is 0 Å². The maximum absolute atomic E-state index is 12.5. The Morgan fingerprint density at radius 2 is 0.674 bits per heavy atom. The second-order valence-corrected chi connectivity index (χ2v) is 25.9. The monoisotopic (exact) mass is 1330 g/mol. The first-order chi connectivity index (χ1) is 46.3. The minimum atomic E-state index is -3.55. The van der Waals surface area contributed by atoms with Crippen molar-refractivity contribution in [2.75, 3.05) is 125 Å². The Kier molecular flexibility index (Phi) is 24.7. The summed E-state index contributed by atoms with van der Waals surface area (Å²) in [5.41, 5.74) is 4.83. The van der Waals surface area contributed by atoms with Crippen LogP contribution in [-0.2, 0) is 20.0 Å². The SMILES string of the molecule is COc1ccc(Nc2ccnc(Nc3ccc(OCCN4CCCC4)cc3)n2)cc1.COc1ccc(Nc2ccnc(Nc3ccc(S(=O)(=O)NCCN4CCCC4)cc3)n2)cc1.O=S(=O)(NCCN1CCCC1)c1ccc(Nc2nccc(Nc3ccc(O)cc3)n2)cc1. The maximum Gasteiger partial charge on any atom is 0.240 e. The van der Waals surface area contributed by atoms with Gasteiger partial charge in [-0.05, 0) is 242 Å². The topological polar surface area (TPSA) is 299 Å². The van der Waals surface area contributed by atoms with Gasteiger partial charge in [0.25, 0.3) is 0 Å². The molecule has 3 aromatic heterocycles. The van der Waals surface area contributed by atoms with Gasteiger partial charge in [-0.15, -0.1) is 0 Å². The molecular weight excluding hydrogens is 1250 g/mol. The smallest absolute Gasteiger partial charge is 0.240 e. The molecule has 25 nitrogen and oxygen atoms in total. The summed E-state index contributed by atoms with van der Waals surface area (Å²) in [5, 5.41) is 28.4. The van der Waals surface area contributed by atoms with Crippen molar-refractivity contribution in [2.24, 2.45) is 0 Å². The first-order valence-corrected chi connectivity index (χ1v) is 34.5. The number of nitrogens with zero attached hydrogens (tertiary/aromatic N) is 9. The Morgan fingerprint density at radius 1 is 0.379 bits per heavy atom. The Hall–Kier alpha value is -9.74. The van der Waals surface area contributed by atoms with Crippen molar-refractivity contribution in [3.8, 4) is 23.0 Å². The van der Waals surface area contributed by atoms with E-state index in [0.29, 0.717) is 59.8 Å². The van der Waals surface area contributed by atoms with E-state index in [1.165, 1.54) is 51.6 Å². The number of aromatic hydroxyl groups is 1. The molecule has 9 N–H and O–H groups in total. The molecule has 0 bridgehead atoms. The van der Waals surface area contributed by atoms with Gasteiger partial charge in [0.15, 0.2) is 0 Å². The third-order valence-corrected chi connectivity index (χ3v) is 18.4. The molecule has 498 valence electrons. The molecule has 6 heterocycles. The van der Waals surface area contributed by atoms with Crippen LogP contribution in [0.2, 0.25) is 0 Å². The van der Waals surface area contributed by atoms with Crippen LogP contribution in [0.1, 0.15) is 38.5 Å². The number of nitrogens with one attached hydrogen (secondary N) is 8. The van der Waals surface area contributed by atoms with E-state index in [-0.39, 0.29) is 15.5 Å². The zero-order chi connectivity index (χ0) is 66.1. The number of phenols is 1. The summed E-state index contributed by atoms with van der Waals surface area (Å²) in [4.78, 5) is 33.5. The molecule has 0 unspecified atom stereocenters. The van der Waals surface area contributed by atoms with Crippen molar-refractivity contribution in [3.05, 3.63) is 182 Å². The number of methoxy groups -OCH3 is 2. The Morgan fingerprint density at radius 3 is 1.01 bits per heavy atom. The third kappa shape index (κ3) is 21.9. The van der Waals surface area contributed by atoms with E-state index in [1.807, 2.05) is 78.9 Å². The van der Waals surface area contributed by atoms with Crippen molar-refractivity contribution >= 4 is 89.5 Å². The molecule has 0 aliphatic carbocycles. The normalized spacial score (nSPS) is 14.1. The zero-order valence-electron chi connectivity index (χ0n) is 53.2. The molecule has 6 aromatic carbocycles. The fourth-order valence-corrected chi connectivity index (χ4v) is 12.5. The van der Waals surface area contributed by atoms with Crippen molar-refractivity contribution in [1.82, 2.24) is 54.0 Å². The Balaban J connectivity index is 0.000000155. The highest BCUT2D eigenvalue weighted by Crippen LogP contribution is 2.26. The lowest BCUT2D eigenvalue weighted by molar-refractivity contribution is 0.238. The van der Waals surface area contributed by atoms with Gasteiger partial charge >= 0.3 is 0 Å². The van der Waals surface area contributed by atoms with Gasteiger partial charge in [0.1, 0.15) is 47.1 Å². The molecule has 0 amide bonds. The van der Waals surface area contributed by atoms with E-state index < -0.39 is 20.0 Å². The molecule has 0 spiro atoms. The van der Waals surface area contributed by atoms with Crippen LogP contribution in [-0.4, -0.2) is 159 Å². The molecule has 12 rings (SSSR count). The molecule has 0 atom stereocenters. The number of benzene rings is 6. The number of ether oxygens (including phenoxy) is 3. The molecule has 3 aliphatic heterocycles. The number of hydrogen-bond donors (Lipinski definition) is 9. The maximum atomic E-state index is 12.5. The number of likely N-dealkylation sites (tertiary alicyclic amines) is 3. The average Bonchev–Trinajstić information content (AvgIpc) is 2.79. The summed E-state index contributed by atoms with van der Waals surface area (Å²) < 4.78 is 71.7. The van der Waals surface area contributed by atoms with Gasteiger partial charge in [0, 0.05) is 85.4 Å². The van der Waals surface area contributed by atoms with Gasteiger partial charge in [-0.1, -0.05) is 0 Å². The first-order valence-electron chi connectivity index (χ1n) is 31.6. The van der Waals surface area contributed by atoms with Gasteiger partial charge in [0.2, 0.25) is 37.9 Å². The van der Waals surface area contributed by atoms with Crippen LogP contribution < -0.4 is 55.6 Å². The highest BCUT2D eigenvalue weighted by Gasteiger charge is 2.19. The summed E-state index contributed by atoms with van der Waals surface area (Å²) in [6.07, 6.45) is 12.3. The van der Waals surface area contributed by atoms with Crippen LogP contribution in [0.5, 0.6) is 23.0 Å². The molecule has 9 aromatic rings. The minimum Gasteiger partial charge on any atom is -0.508 e. The number of aromatic nitrogens is 6. The highest BCUT2D eigenvalue weighted by atomic mass is 32.2. The van der Waals surface area contributed by atoms with Gasteiger partial charge < -0.3 is 61.0 Å². The predicted octanol–water partition coefficient (Wildman–Crippen LogP) is 10.8. The second-order valence-electron chi connectivity index (χ2n) is 22.4. The number of rotatable bonds is 28. The predicted molar refractivity (Wildman–Crippen MR) is 372 cm³/mol. The van der Waals surface area contributed by atoms with Crippen molar-refractivity contribution in [2.45, 2.75) is 48.3 Å². The summed E-state index contributed by atoms with van der Waals surface area (Å²) in [7, 11) is -3.82. The molecule has 0 radical (unpaired) electrons. The third-order valence-electron chi connectivity index (χ3n) is 15.5. The molecular formula is C68H81N17O8S2. The molecule has 3 saturated heterocycles. The second kappa shape index (κ2) is 34.4. The van der Waals surface area contributed by atoms with E-state index in [9.17, 15) is 21.9 Å². The van der Waals surface area contributed by atoms with Crippen LogP contribution in [0.15, 0.2) is 192 Å². The Bertz CT molecular complexity index is 4040. The van der Waals surface area contributed by atoms with Crippen LogP contribution in [0.3, 0.4) is 0 Å². The van der Waals surface area contributed by atoms with E-state index in [2.05, 4.69) is 85.9 Å². The van der Waals surface area contributed by atoms with E-state index >= 15 is 0 Å². The minimum absolute atomic E-state index is 0.188. The van der Waals surface area contributed by atoms with E-state index in [1.54, 1.807) is 118 Å². The van der Waals surface area contributed by atoms with Crippen molar-refractivity contribution < 1.29 is 36.2 Å². The number of sulfonamides is 2. The fourth-order valence-electron chi connectivity index (χ4n) is 10.4. The lowest BCUT2D eigenvalue weighted by Crippen LogP contribution is -2.33. The standard InChI is InChI=1S/C23H28N6O3S.C23H27N5O2.C22H26N6O3S/c1-32-20-8-4-18(5-9-20)26-22-12-13-24-23(28-22)27-19-6-10-21(11-7-19)33(30,31)25-14-17-29-15-2-3-16-29;1-29-20-8-4-18(5-9-20)25-22-12-13-24-23(27-22)26-19-6-10-21(11-7-19)30-17-16-28-14-2-3-15-28;29-19-7-3-17(4-8-19)25-21-11-12-23-22(27-21)26-18-5-9-20(10-6-18)32(30,31)24-13-16-28-14-1-2-15-28/h4-13,25H,2-3,14-17H2,1H3,(H2,24,26,27,28);4-13H,2-3,14-17H2,1H3,(H2,24,25,26,27);3-12,24,29H,1-2,13-16H2,(H2,23,25,26,27). The molecule has 3 fully saturated rings. The van der Waals surface area contributed by atoms with Crippen molar-refractivity contribution in [1.29, 1.82) is 0 Å². The van der Waals surface area contributed by atoms with E-state index in [0.717, 1.165) is 92.4 Å². The first kappa shape index (κ1) is 68.1.